The molecule has 0 aliphatic carbocycles. The first kappa shape index (κ1) is 18.1. The number of benzene rings is 3. The second kappa shape index (κ2) is 8.14. The average Bonchev–Trinajstić information content (AvgIpc) is 2.65. The van der Waals surface area contributed by atoms with Crippen molar-refractivity contribution in [1.82, 2.24) is 0 Å². The van der Waals surface area contributed by atoms with Crippen LogP contribution >= 0.6 is 0 Å². The number of rotatable bonds is 6. The third-order valence-electron chi connectivity index (χ3n) is 3.74. The first-order valence-corrected chi connectivity index (χ1v) is 8.18. The van der Waals surface area contributed by atoms with Crippen LogP contribution in [-0.4, -0.2) is 23.0 Å². The van der Waals surface area contributed by atoms with Crippen molar-refractivity contribution < 1.29 is 29.2 Å². The van der Waals surface area contributed by atoms with E-state index < -0.39 is 5.97 Å². The lowest BCUT2D eigenvalue weighted by Crippen LogP contribution is -2.09. The number of ether oxygens (including phenoxy) is 3. The van der Waals surface area contributed by atoms with Gasteiger partial charge in [-0.05, 0) is 79.2 Å². The number of phenols is 2. The highest BCUT2D eigenvalue weighted by Gasteiger charge is 2.10. The van der Waals surface area contributed by atoms with Crippen molar-refractivity contribution in [1.29, 1.82) is 0 Å². The highest BCUT2D eigenvalue weighted by atomic mass is 16.7. The topological polar surface area (TPSA) is 85.2 Å². The van der Waals surface area contributed by atoms with Crippen molar-refractivity contribution in [3.05, 3.63) is 77.9 Å². The van der Waals surface area contributed by atoms with Crippen molar-refractivity contribution >= 4 is 5.97 Å². The highest BCUT2D eigenvalue weighted by molar-refractivity contribution is 5.91. The molecule has 0 bridgehead atoms. The molecule has 0 heterocycles. The van der Waals surface area contributed by atoms with Crippen LogP contribution in [0.2, 0.25) is 0 Å². The van der Waals surface area contributed by atoms with Gasteiger partial charge in [-0.15, -0.1) is 0 Å². The second-order valence-electron chi connectivity index (χ2n) is 5.76. The van der Waals surface area contributed by atoms with Gasteiger partial charge in [0.05, 0.1) is 5.56 Å². The van der Waals surface area contributed by atoms with Gasteiger partial charge in [-0.3, -0.25) is 0 Å². The Labute approximate surface area is 156 Å². The highest BCUT2D eigenvalue weighted by Crippen LogP contribution is 2.25. The Morgan fingerprint density at radius 3 is 2.04 bits per heavy atom. The Kier molecular flexibility index (Phi) is 5.47. The molecule has 3 aromatic carbocycles. The molecular formula is C21H18O6. The molecule has 3 aromatic rings. The summed E-state index contributed by atoms with van der Waals surface area (Å²) in [5.41, 5.74) is 1.12. The summed E-state index contributed by atoms with van der Waals surface area (Å²) in [6.45, 7) is 1.83. The third kappa shape index (κ3) is 4.92. The molecule has 2 N–H and O–H groups in total. The van der Waals surface area contributed by atoms with Crippen molar-refractivity contribution in [3.8, 4) is 28.7 Å². The first-order chi connectivity index (χ1) is 13.0. The monoisotopic (exact) mass is 366 g/mol. The smallest absolute Gasteiger partial charge is 0.343 e. The van der Waals surface area contributed by atoms with Crippen LogP contribution in [-0.2, 0) is 0 Å². The molecule has 0 aliphatic heterocycles. The average molecular weight is 366 g/mol. The van der Waals surface area contributed by atoms with E-state index in [1.807, 2.05) is 6.92 Å². The minimum atomic E-state index is -0.515. The van der Waals surface area contributed by atoms with Gasteiger partial charge in [0.1, 0.15) is 28.7 Å². The standard InChI is InChI=1S/C21H18O6/c1-14-12-19(27-21(24)15-2-4-16(22)5-3-15)10-11-20(14)26-13-25-18-8-6-17(23)7-9-18/h2-12,22-23H,13H2,1H3. The molecular weight excluding hydrogens is 348 g/mol. The zero-order chi connectivity index (χ0) is 19.2. The van der Waals surface area contributed by atoms with E-state index in [0.717, 1.165) is 5.56 Å². The minimum Gasteiger partial charge on any atom is -0.508 e. The molecule has 138 valence electrons. The molecule has 0 aromatic heterocycles. The molecule has 0 amide bonds. The summed E-state index contributed by atoms with van der Waals surface area (Å²) < 4.78 is 16.3. The van der Waals surface area contributed by atoms with E-state index in [-0.39, 0.29) is 18.3 Å². The Bertz CT molecular complexity index is 916. The first-order valence-electron chi connectivity index (χ1n) is 8.18. The van der Waals surface area contributed by atoms with Gasteiger partial charge in [-0.25, -0.2) is 4.79 Å². The number of aryl methyl sites for hydroxylation is 1. The second-order valence-corrected chi connectivity index (χ2v) is 5.76. The van der Waals surface area contributed by atoms with Crippen LogP contribution in [0.4, 0.5) is 0 Å². The molecule has 27 heavy (non-hydrogen) atoms. The lowest BCUT2D eigenvalue weighted by atomic mass is 10.2. The van der Waals surface area contributed by atoms with E-state index >= 15 is 0 Å². The largest absolute Gasteiger partial charge is 0.508 e. The normalized spacial score (nSPS) is 10.3. The molecule has 0 radical (unpaired) electrons. The van der Waals surface area contributed by atoms with Gasteiger partial charge in [0.15, 0.2) is 0 Å². The van der Waals surface area contributed by atoms with Crippen LogP contribution in [0, 0.1) is 6.92 Å². The predicted molar refractivity (Wildman–Crippen MR) is 98.5 cm³/mol. The molecule has 0 unspecified atom stereocenters. The zero-order valence-corrected chi connectivity index (χ0v) is 14.6. The number of phenolic OH excluding ortho intramolecular Hbond substituents is 2. The summed E-state index contributed by atoms with van der Waals surface area (Å²) >= 11 is 0. The fraction of sp³-hybridized carbons (Fsp3) is 0.0952. The van der Waals surface area contributed by atoms with Gasteiger partial charge in [-0.2, -0.15) is 0 Å². The van der Waals surface area contributed by atoms with E-state index in [2.05, 4.69) is 0 Å². The predicted octanol–water partition coefficient (Wildman–Crippen LogP) is 4.04. The van der Waals surface area contributed by atoms with Crippen molar-refractivity contribution in [3.63, 3.8) is 0 Å². The minimum absolute atomic E-state index is 0.00173. The van der Waals surface area contributed by atoms with Crippen LogP contribution in [0.25, 0.3) is 0 Å². The SMILES string of the molecule is Cc1cc(OC(=O)c2ccc(O)cc2)ccc1OCOc1ccc(O)cc1. The number of aromatic hydroxyl groups is 2. The number of esters is 1. The molecule has 6 heteroatoms. The summed E-state index contributed by atoms with van der Waals surface area (Å²) in [6.07, 6.45) is 0. The van der Waals surface area contributed by atoms with E-state index in [9.17, 15) is 15.0 Å². The number of carbonyl (C=O) groups excluding carboxylic acids is 1. The van der Waals surface area contributed by atoms with Crippen LogP contribution in [0.5, 0.6) is 28.7 Å². The third-order valence-corrected chi connectivity index (χ3v) is 3.74. The number of hydrogen-bond acceptors (Lipinski definition) is 6. The molecule has 0 saturated heterocycles. The lowest BCUT2D eigenvalue weighted by Gasteiger charge is -2.12. The summed E-state index contributed by atoms with van der Waals surface area (Å²) in [6, 6.07) is 17.2. The van der Waals surface area contributed by atoms with Crippen LogP contribution in [0.15, 0.2) is 66.7 Å². The van der Waals surface area contributed by atoms with Gasteiger partial charge in [0.25, 0.3) is 0 Å². The van der Waals surface area contributed by atoms with Gasteiger partial charge >= 0.3 is 5.97 Å². The number of hydrogen-bond donors (Lipinski definition) is 2. The summed E-state index contributed by atoms with van der Waals surface area (Å²) in [5.74, 6) is 1.29. The Morgan fingerprint density at radius 1 is 0.815 bits per heavy atom. The molecule has 0 saturated carbocycles. The fourth-order valence-electron chi connectivity index (χ4n) is 2.31. The Morgan fingerprint density at radius 2 is 1.41 bits per heavy atom. The summed E-state index contributed by atoms with van der Waals surface area (Å²) in [4.78, 5) is 12.1. The maximum absolute atomic E-state index is 12.1. The van der Waals surface area contributed by atoms with Gasteiger partial charge in [-0.1, -0.05) is 0 Å². The molecule has 0 spiro atoms. The molecule has 6 nitrogen and oxygen atoms in total. The lowest BCUT2D eigenvalue weighted by molar-refractivity contribution is 0.0734. The van der Waals surface area contributed by atoms with E-state index in [0.29, 0.717) is 22.8 Å². The van der Waals surface area contributed by atoms with Crippen molar-refractivity contribution in [2.75, 3.05) is 6.79 Å². The van der Waals surface area contributed by atoms with Gasteiger partial charge in [0, 0.05) is 0 Å². The molecule has 0 atom stereocenters. The quantitative estimate of drug-likeness (QED) is 0.389. The van der Waals surface area contributed by atoms with Crippen LogP contribution in [0.1, 0.15) is 15.9 Å². The van der Waals surface area contributed by atoms with E-state index in [1.165, 1.54) is 36.4 Å². The Hall–Kier alpha value is -3.67. The van der Waals surface area contributed by atoms with E-state index in [1.54, 1.807) is 30.3 Å². The summed E-state index contributed by atoms with van der Waals surface area (Å²) in [5, 5.41) is 18.5. The van der Waals surface area contributed by atoms with Gasteiger partial charge in [0.2, 0.25) is 6.79 Å². The zero-order valence-electron chi connectivity index (χ0n) is 14.6. The maximum atomic E-state index is 12.1. The van der Waals surface area contributed by atoms with E-state index in [4.69, 9.17) is 14.2 Å². The molecule has 0 aliphatic rings. The molecule has 0 fully saturated rings. The fourth-order valence-corrected chi connectivity index (χ4v) is 2.31. The number of carbonyl (C=O) groups is 1. The molecule has 3 rings (SSSR count). The maximum Gasteiger partial charge on any atom is 0.343 e. The van der Waals surface area contributed by atoms with Crippen LogP contribution < -0.4 is 14.2 Å². The summed E-state index contributed by atoms with van der Waals surface area (Å²) in [7, 11) is 0. The van der Waals surface area contributed by atoms with Crippen molar-refractivity contribution in [2.45, 2.75) is 6.92 Å². The Balaban J connectivity index is 1.57. The van der Waals surface area contributed by atoms with Gasteiger partial charge < -0.3 is 24.4 Å². The van der Waals surface area contributed by atoms with Crippen molar-refractivity contribution in [2.24, 2.45) is 0 Å². The van der Waals surface area contributed by atoms with Crippen LogP contribution in [0.3, 0.4) is 0 Å².